The molecule has 6 nitrogen and oxygen atoms in total. The lowest BCUT2D eigenvalue weighted by molar-refractivity contribution is 0.0680. The Morgan fingerprint density at radius 2 is 1.92 bits per heavy atom. The van der Waals surface area contributed by atoms with Crippen molar-refractivity contribution in [3.8, 4) is 0 Å². The number of para-hydroxylation sites is 1. The molecule has 0 N–H and O–H groups in total. The van der Waals surface area contributed by atoms with Crippen LogP contribution in [-0.2, 0) is 17.8 Å². The standard InChI is InChI=1S/C20H30N4O2/c1-7-24-16(3)18(15(2)21-24)14-23(12-13-26-6)20(25)17-10-8-9-11-19(17)22(4)5/h8-11H,7,12-14H2,1-6H3. The lowest BCUT2D eigenvalue weighted by Gasteiger charge is -2.25. The van der Waals surface area contributed by atoms with E-state index >= 15 is 0 Å². The molecule has 1 aromatic carbocycles. The van der Waals surface area contributed by atoms with Gasteiger partial charge in [0.15, 0.2) is 0 Å². The van der Waals surface area contributed by atoms with Gasteiger partial charge < -0.3 is 14.5 Å². The number of aromatic nitrogens is 2. The summed E-state index contributed by atoms with van der Waals surface area (Å²) in [5.74, 6) is 0.00870. The van der Waals surface area contributed by atoms with Gasteiger partial charge in [-0.05, 0) is 32.9 Å². The van der Waals surface area contributed by atoms with Crippen LogP contribution in [-0.4, -0.2) is 54.9 Å². The van der Waals surface area contributed by atoms with Gasteiger partial charge in [0.1, 0.15) is 0 Å². The molecule has 1 heterocycles. The Kier molecular flexibility index (Phi) is 6.80. The van der Waals surface area contributed by atoms with Crippen LogP contribution in [0.4, 0.5) is 5.69 Å². The van der Waals surface area contributed by atoms with Crippen LogP contribution in [0.25, 0.3) is 0 Å². The number of hydrogen-bond donors (Lipinski definition) is 0. The molecule has 26 heavy (non-hydrogen) atoms. The van der Waals surface area contributed by atoms with Gasteiger partial charge in [-0.25, -0.2) is 0 Å². The zero-order valence-electron chi connectivity index (χ0n) is 16.7. The Labute approximate surface area is 156 Å². The molecule has 0 saturated carbocycles. The number of hydrogen-bond acceptors (Lipinski definition) is 4. The van der Waals surface area contributed by atoms with Crippen molar-refractivity contribution in [3.05, 3.63) is 46.8 Å². The first-order valence-corrected chi connectivity index (χ1v) is 8.98. The number of carbonyl (C=O) groups excluding carboxylic acids is 1. The van der Waals surface area contributed by atoms with E-state index in [9.17, 15) is 4.79 Å². The third-order valence-electron chi connectivity index (χ3n) is 4.65. The third-order valence-corrected chi connectivity index (χ3v) is 4.65. The van der Waals surface area contributed by atoms with E-state index in [-0.39, 0.29) is 5.91 Å². The van der Waals surface area contributed by atoms with Crippen molar-refractivity contribution in [1.82, 2.24) is 14.7 Å². The maximum atomic E-state index is 13.3. The number of methoxy groups -OCH3 is 1. The molecule has 0 aliphatic heterocycles. The van der Waals surface area contributed by atoms with Gasteiger partial charge in [0.25, 0.3) is 5.91 Å². The second kappa shape index (κ2) is 8.85. The first-order valence-electron chi connectivity index (χ1n) is 8.98. The number of rotatable bonds is 8. The Morgan fingerprint density at radius 1 is 1.23 bits per heavy atom. The number of benzene rings is 1. The maximum absolute atomic E-state index is 13.3. The van der Waals surface area contributed by atoms with Gasteiger partial charge in [0.2, 0.25) is 0 Å². The summed E-state index contributed by atoms with van der Waals surface area (Å²) in [6, 6.07) is 7.70. The molecule has 142 valence electrons. The molecule has 0 unspecified atom stereocenters. The van der Waals surface area contributed by atoms with Crippen molar-refractivity contribution in [2.45, 2.75) is 33.9 Å². The molecular formula is C20H30N4O2. The summed E-state index contributed by atoms with van der Waals surface area (Å²) in [5, 5.41) is 4.58. The first kappa shape index (κ1) is 20.0. The molecule has 0 bridgehead atoms. The van der Waals surface area contributed by atoms with E-state index in [1.807, 2.05) is 59.8 Å². The van der Waals surface area contributed by atoms with Crippen LogP contribution in [0.3, 0.4) is 0 Å². The molecule has 2 rings (SSSR count). The van der Waals surface area contributed by atoms with Crippen LogP contribution in [0.2, 0.25) is 0 Å². The molecule has 6 heteroatoms. The number of amides is 1. The summed E-state index contributed by atoms with van der Waals surface area (Å²) in [6.07, 6.45) is 0. The Morgan fingerprint density at radius 3 is 2.50 bits per heavy atom. The van der Waals surface area contributed by atoms with Crippen molar-refractivity contribution in [1.29, 1.82) is 0 Å². The fraction of sp³-hybridized carbons (Fsp3) is 0.500. The summed E-state index contributed by atoms with van der Waals surface area (Å²) in [6.45, 7) is 8.52. The fourth-order valence-corrected chi connectivity index (χ4v) is 3.13. The van der Waals surface area contributed by atoms with Crippen LogP contribution in [0.15, 0.2) is 24.3 Å². The van der Waals surface area contributed by atoms with Gasteiger partial charge >= 0.3 is 0 Å². The molecule has 1 aromatic heterocycles. The van der Waals surface area contributed by atoms with Crippen LogP contribution in [0, 0.1) is 13.8 Å². The Bertz CT molecular complexity index is 752. The highest BCUT2D eigenvalue weighted by atomic mass is 16.5. The lowest BCUT2D eigenvalue weighted by Crippen LogP contribution is -2.34. The molecule has 0 saturated heterocycles. The van der Waals surface area contributed by atoms with E-state index in [0.29, 0.717) is 25.3 Å². The van der Waals surface area contributed by atoms with Crippen molar-refractivity contribution >= 4 is 11.6 Å². The smallest absolute Gasteiger partial charge is 0.256 e. The Hall–Kier alpha value is -2.34. The van der Waals surface area contributed by atoms with Crippen LogP contribution >= 0.6 is 0 Å². The Balaban J connectivity index is 2.36. The van der Waals surface area contributed by atoms with E-state index in [0.717, 1.165) is 29.2 Å². The first-order chi connectivity index (χ1) is 12.4. The van der Waals surface area contributed by atoms with Crippen LogP contribution < -0.4 is 4.90 Å². The van der Waals surface area contributed by atoms with Gasteiger partial charge in [-0.3, -0.25) is 9.48 Å². The van der Waals surface area contributed by atoms with Gasteiger partial charge in [0, 0.05) is 57.8 Å². The monoisotopic (exact) mass is 358 g/mol. The average molecular weight is 358 g/mol. The zero-order chi connectivity index (χ0) is 19.3. The predicted octanol–water partition coefficient (Wildman–Crippen LogP) is 2.87. The normalized spacial score (nSPS) is 10.8. The number of anilines is 1. The zero-order valence-corrected chi connectivity index (χ0v) is 16.7. The van der Waals surface area contributed by atoms with Gasteiger partial charge in [0.05, 0.1) is 17.9 Å². The van der Waals surface area contributed by atoms with E-state index < -0.39 is 0 Å². The van der Waals surface area contributed by atoms with E-state index in [4.69, 9.17) is 4.74 Å². The fourth-order valence-electron chi connectivity index (χ4n) is 3.13. The molecule has 0 radical (unpaired) electrons. The van der Waals surface area contributed by atoms with E-state index in [1.165, 1.54) is 0 Å². The highest BCUT2D eigenvalue weighted by molar-refractivity contribution is 5.99. The molecule has 0 fully saturated rings. The SMILES string of the molecule is CCn1nc(C)c(CN(CCOC)C(=O)c2ccccc2N(C)C)c1C. The number of aryl methyl sites for hydroxylation is 2. The molecular weight excluding hydrogens is 328 g/mol. The molecule has 0 spiro atoms. The van der Waals surface area contributed by atoms with Crippen LogP contribution in [0.5, 0.6) is 0 Å². The van der Waals surface area contributed by atoms with E-state index in [2.05, 4.69) is 18.9 Å². The van der Waals surface area contributed by atoms with Crippen molar-refractivity contribution in [2.24, 2.45) is 0 Å². The minimum atomic E-state index is 0.00870. The second-order valence-corrected chi connectivity index (χ2v) is 6.60. The number of nitrogens with zero attached hydrogens (tertiary/aromatic N) is 4. The van der Waals surface area contributed by atoms with E-state index in [1.54, 1.807) is 7.11 Å². The summed E-state index contributed by atoms with van der Waals surface area (Å²) in [4.78, 5) is 17.1. The van der Waals surface area contributed by atoms with Gasteiger partial charge in [-0.1, -0.05) is 12.1 Å². The predicted molar refractivity (Wildman–Crippen MR) is 105 cm³/mol. The minimum absolute atomic E-state index is 0.00870. The third kappa shape index (κ3) is 4.25. The molecule has 0 atom stereocenters. The van der Waals surface area contributed by atoms with Crippen LogP contribution in [0.1, 0.15) is 34.2 Å². The molecule has 0 aliphatic rings. The van der Waals surface area contributed by atoms with Crippen molar-refractivity contribution in [3.63, 3.8) is 0 Å². The van der Waals surface area contributed by atoms with Crippen molar-refractivity contribution < 1.29 is 9.53 Å². The largest absolute Gasteiger partial charge is 0.383 e. The summed E-state index contributed by atoms with van der Waals surface area (Å²) in [5.41, 5.74) is 4.81. The molecule has 2 aromatic rings. The molecule has 0 aliphatic carbocycles. The van der Waals surface area contributed by atoms with Gasteiger partial charge in [-0.15, -0.1) is 0 Å². The summed E-state index contributed by atoms with van der Waals surface area (Å²) in [7, 11) is 5.55. The highest BCUT2D eigenvalue weighted by Gasteiger charge is 2.22. The van der Waals surface area contributed by atoms with Crippen molar-refractivity contribution in [2.75, 3.05) is 39.3 Å². The summed E-state index contributed by atoms with van der Waals surface area (Å²) < 4.78 is 7.22. The minimum Gasteiger partial charge on any atom is -0.383 e. The number of carbonyl (C=O) groups is 1. The number of ether oxygens (including phenoxy) is 1. The second-order valence-electron chi connectivity index (χ2n) is 6.60. The lowest BCUT2D eigenvalue weighted by atomic mass is 10.1. The maximum Gasteiger partial charge on any atom is 0.256 e. The molecule has 1 amide bonds. The quantitative estimate of drug-likeness (QED) is 0.728. The van der Waals surface area contributed by atoms with Gasteiger partial charge in [-0.2, -0.15) is 5.10 Å². The average Bonchev–Trinajstić information content (AvgIpc) is 2.91. The highest BCUT2D eigenvalue weighted by Crippen LogP contribution is 2.22. The topological polar surface area (TPSA) is 50.6 Å². The summed E-state index contributed by atoms with van der Waals surface area (Å²) >= 11 is 0.